The Labute approximate surface area is 162 Å². The Morgan fingerprint density at radius 1 is 0.667 bits per heavy atom. The first kappa shape index (κ1) is 19.0. The molecule has 0 unspecified atom stereocenters. The summed E-state index contributed by atoms with van der Waals surface area (Å²) >= 11 is 0. The first-order chi connectivity index (χ1) is 13.1. The molecule has 27 heavy (non-hydrogen) atoms. The molecule has 2 nitrogen and oxygen atoms in total. The van der Waals surface area contributed by atoms with Crippen LogP contribution in [-0.4, -0.2) is 14.2 Å². The van der Waals surface area contributed by atoms with Crippen LogP contribution in [0.15, 0.2) is 66.7 Å². The average molecular weight is 360 g/mol. The Hall–Kier alpha value is -2.74. The van der Waals surface area contributed by atoms with Crippen LogP contribution in [0.4, 0.5) is 0 Å². The van der Waals surface area contributed by atoms with Gasteiger partial charge in [-0.15, -0.1) is 0 Å². The zero-order chi connectivity index (χ0) is 19.2. The van der Waals surface area contributed by atoms with Crippen molar-refractivity contribution in [3.05, 3.63) is 94.5 Å². The van der Waals surface area contributed by atoms with Gasteiger partial charge in [0.25, 0.3) is 0 Å². The fraction of sp³-hybridized carbons (Fsp3) is 0.280. The summed E-state index contributed by atoms with van der Waals surface area (Å²) in [5.74, 6) is 2.12. The van der Waals surface area contributed by atoms with Crippen LogP contribution in [0.1, 0.15) is 40.2 Å². The molecule has 0 saturated carbocycles. The third-order valence-corrected chi connectivity index (χ3v) is 5.36. The summed E-state index contributed by atoms with van der Waals surface area (Å²) in [5.41, 5.74) is 6.83. The van der Waals surface area contributed by atoms with Gasteiger partial charge in [-0.3, -0.25) is 0 Å². The van der Waals surface area contributed by atoms with Crippen LogP contribution in [0.25, 0.3) is 0 Å². The van der Waals surface area contributed by atoms with E-state index in [1.54, 1.807) is 14.2 Å². The van der Waals surface area contributed by atoms with Gasteiger partial charge >= 0.3 is 0 Å². The van der Waals surface area contributed by atoms with Gasteiger partial charge in [0, 0.05) is 5.92 Å². The summed E-state index contributed by atoms with van der Waals surface area (Å²) in [6.45, 7) is 4.41. The topological polar surface area (TPSA) is 18.5 Å². The summed E-state index contributed by atoms with van der Waals surface area (Å²) in [7, 11) is 3.41. The molecule has 0 fully saturated rings. The monoisotopic (exact) mass is 360 g/mol. The molecule has 3 aromatic carbocycles. The van der Waals surface area contributed by atoms with E-state index in [0.717, 1.165) is 24.3 Å². The molecular weight excluding hydrogens is 332 g/mol. The van der Waals surface area contributed by atoms with E-state index in [2.05, 4.69) is 56.3 Å². The zero-order valence-electron chi connectivity index (χ0n) is 16.7. The van der Waals surface area contributed by atoms with Gasteiger partial charge in [0.15, 0.2) is 0 Å². The van der Waals surface area contributed by atoms with Gasteiger partial charge < -0.3 is 9.47 Å². The van der Waals surface area contributed by atoms with Crippen LogP contribution in [0.5, 0.6) is 11.5 Å². The molecule has 0 radical (unpaired) electrons. The standard InChI is InChI=1S/C25H28O2/c1-18-6-5-7-19(2)24(18)16-17-25(20-8-12-22(26-3)13-9-20)21-10-14-23(27-4)15-11-21/h5-15,25H,16-17H2,1-4H3. The SMILES string of the molecule is COc1ccc(C(CCc2c(C)cccc2C)c2ccc(OC)cc2)cc1. The van der Waals surface area contributed by atoms with Crippen LogP contribution in [0.2, 0.25) is 0 Å². The maximum absolute atomic E-state index is 5.33. The van der Waals surface area contributed by atoms with Gasteiger partial charge in [-0.1, -0.05) is 42.5 Å². The van der Waals surface area contributed by atoms with Crippen molar-refractivity contribution in [3.8, 4) is 11.5 Å². The Kier molecular flexibility index (Phi) is 6.18. The minimum atomic E-state index is 0.334. The second kappa shape index (κ2) is 8.77. The molecule has 3 aromatic rings. The number of hydrogen-bond donors (Lipinski definition) is 0. The van der Waals surface area contributed by atoms with Gasteiger partial charge in [-0.25, -0.2) is 0 Å². The lowest BCUT2D eigenvalue weighted by molar-refractivity contribution is 0.414. The van der Waals surface area contributed by atoms with E-state index in [-0.39, 0.29) is 0 Å². The van der Waals surface area contributed by atoms with Gasteiger partial charge in [-0.2, -0.15) is 0 Å². The van der Waals surface area contributed by atoms with Crippen molar-refractivity contribution >= 4 is 0 Å². The summed E-state index contributed by atoms with van der Waals surface area (Å²) in [6.07, 6.45) is 2.12. The number of rotatable bonds is 7. The summed E-state index contributed by atoms with van der Waals surface area (Å²) in [5, 5.41) is 0. The highest BCUT2D eigenvalue weighted by atomic mass is 16.5. The minimum Gasteiger partial charge on any atom is -0.497 e. The lowest BCUT2D eigenvalue weighted by Crippen LogP contribution is -2.05. The molecule has 0 aliphatic heterocycles. The lowest BCUT2D eigenvalue weighted by Gasteiger charge is -2.20. The normalized spacial score (nSPS) is 10.9. The predicted molar refractivity (Wildman–Crippen MR) is 112 cm³/mol. The molecule has 3 rings (SSSR count). The highest BCUT2D eigenvalue weighted by molar-refractivity contribution is 5.39. The van der Waals surface area contributed by atoms with Crippen LogP contribution in [0, 0.1) is 13.8 Å². The Morgan fingerprint density at radius 2 is 1.11 bits per heavy atom. The van der Waals surface area contributed by atoms with Crippen LogP contribution < -0.4 is 9.47 Å². The number of methoxy groups -OCH3 is 2. The smallest absolute Gasteiger partial charge is 0.118 e. The molecule has 0 atom stereocenters. The van der Waals surface area contributed by atoms with E-state index in [9.17, 15) is 0 Å². The second-order valence-corrected chi connectivity index (χ2v) is 7.01. The van der Waals surface area contributed by atoms with Crippen LogP contribution >= 0.6 is 0 Å². The van der Waals surface area contributed by atoms with Crippen molar-refractivity contribution in [1.29, 1.82) is 0 Å². The third-order valence-electron chi connectivity index (χ3n) is 5.36. The van der Waals surface area contributed by atoms with Crippen molar-refractivity contribution in [3.63, 3.8) is 0 Å². The molecule has 0 N–H and O–H groups in total. The Bertz CT molecular complexity index is 796. The van der Waals surface area contributed by atoms with E-state index in [1.165, 1.54) is 27.8 Å². The first-order valence-electron chi connectivity index (χ1n) is 9.45. The zero-order valence-corrected chi connectivity index (χ0v) is 16.7. The quantitative estimate of drug-likeness (QED) is 0.508. The Morgan fingerprint density at radius 3 is 1.52 bits per heavy atom. The second-order valence-electron chi connectivity index (χ2n) is 7.01. The predicted octanol–water partition coefficient (Wildman–Crippen LogP) is 6.09. The van der Waals surface area contributed by atoms with Crippen molar-refractivity contribution in [1.82, 2.24) is 0 Å². The molecule has 0 saturated heterocycles. The molecule has 2 heteroatoms. The largest absolute Gasteiger partial charge is 0.497 e. The van der Waals surface area contributed by atoms with E-state index in [4.69, 9.17) is 9.47 Å². The number of hydrogen-bond acceptors (Lipinski definition) is 2. The molecule has 0 amide bonds. The molecule has 0 spiro atoms. The van der Waals surface area contributed by atoms with Gasteiger partial charge in [0.05, 0.1) is 14.2 Å². The van der Waals surface area contributed by atoms with E-state index in [1.807, 2.05) is 24.3 Å². The maximum atomic E-state index is 5.33. The van der Waals surface area contributed by atoms with E-state index >= 15 is 0 Å². The summed E-state index contributed by atoms with van der Waals surface area (Å²) in [6, 6.07) is 23.5. The molecular formula is C25H28O2. The Balaban J connectivity index is 1.90. The fourth-order valence-corrected chi connectivity index (χ4v) is 3.73. The number of benzene rings is 3. The molecule has 0 aliphatic carbocycles. The summed E-state index contributed by atoms with van der Waals surface area (Å²) in [4.78, 5) is 0. The molecule has 0 bridgehead atoms. The van der Waals surface area contributed by atoms with Crippen molar-refractivity contribution in [2.24, 2.45) is 0 Å². The average Bonchev–Trinajstić information content (AvgIpc) is 2.71. The number of aryl methyl sites for hydroxylation is 2. The van der Waals surface area contributed by atoms with Crippen molar-refractivity contribution in [2.75, 3.05) is 14.2 Å². The molecule has 0 heterocycles. The van der Waals surface area contributed by atoms with Crippen molar-refractivity contribution < 1.29 is 9.47 Å². The highest BCUT2D eigenvalue weighted by Crippen LogP contribution is 2.32. The first-order valence-corrected chi connectivity index (χ1v) is 9.45. The fourth-order valence-electron chi connectivity index (χ4n) is 3.73. The lowest BCUT2D eigenvalue weighted by atomic mass is 9.85. The van der Waals surface area contributed by atoms with E-state index in [0.29, 0.717) is 5.92 Å². The van der Waals surface area contributed by atoms with Crippen LogP contribution in [-0.2, 0) is 6.42 Å². The number of ether oxygens (including phenoxy) is 2. The maximum Gasteiger partial charge on any atom is 0.118 e. The third kappa shape index (κ3) is 4.51. The van der Waals surface area contributed by atoms with Crippen LogP contribution in [0.3, 0.4) is 0 Å². The summed E-state index contributed by atoms with van der Waals surface area (Å²) < 4.78 is 10.7. The minimum absolute atomic E-state index is 0.334. The van der Waals surface area contributed by atoms with Gasteiger partial charge in [0.2, 0.25) is 0 Å². The van der Waals surface area contributed by atoms with E-state index < -0.39 is 0 Å². The van der Waals surface area contributed by atoms with Crippen molar-refractivity contribution in [2.45, 2.75) is 32.6 Å². The highest BCUT2D eigenvalue weighted by Gasteiger charge is 2.16. The van der Waals surface area contributed by atoms with Gasteiger partial charge in [0.1, 0.15) is 11.5 Å². The van der Waals surface area contributed by atoms with Gasteiger partial charge in [-0.05, 0) is 78.8 Å². The molecule has 0 aromatic heterocycles. The molecule has 140 valence electrons. The molecule has 0 aliphatic rings.